The predicted octanol–water partition coefficient (Wildman–Crippen LogP) is 10.8. The molecule has 4 atom stereocenters. The van der Waals surface area contributed by atoms with Crippen LogP contribution < -0.4 is 21.3 Å². The van der Waals surface area contributed by atoms with Gasteiger partial charge < -0.3 is 21.3 Å². The number of amides is 4. The third-order valence-electron chi connectivity index (χ3n) is 11.0. The average Bonchev–Trinajstić information content (AvgIpc) is 3.17. The fourth-order valence-electron chi connectivity index (χ4n) is 6.77. The summed E-state index contributed by atoms with van der Waals surface area (Å²) in [5.74, 6) is 0.0812. The van der Waals surface area contributed by atoms with E-state index < -0.39 is 12.1 Å². The smallest absolute Gasteiger partial charge is 0.242 e. The van der Waals surface area contributed by atoms with Crippen molar-refractivity contribution in [3.63, 3.8) is 0 Å². The maximum absolute atomic E-state index is 12.9. The monoisotopic (exact) mass is 759 g/mol. The second kappa shape index (κ2) is 37.3. The lowest BCUT2D eigenvalue weighted by Gasteiger charge is -2.23. The molecule has 4 N–H and O–H groups in total. The van der Waals surface area contributed by atoms with Crippen molar-refractivity contribution in [1.29, 1.82) is 0 Å². The topological polar surface area (TPSA) is 116 Å². The van der Waals surface area contributed by atoms with Gasteiger partial charge in [-0.15, -0.1) is 13.2 Å². The molecule has 0 aliphatic rings. The Morgan fingerprint density at radius 3 is 1.02 bits per heavy atom. The van der Waals surface area contributed by atoms with Crippen LogP contribution in [0, 0.1) is 11.8 Å². The van der Waals surface area contributed by atoms with Gasteiger partial charge in [-0.2, -0.15) is 0 Å². The van der Waals surface area contributed by atoms with Crippen molar-refractivity contribution in [3.8, 4) is 0 Å². The van der Waals surface area contributed by atoms with Gasteiger partial charge in [0.25, 0.3) is 0 Å². The normalized spacial score (nSPS) is 13.3. The van der Waals surface area contributed by atoms with E-state index in [-0.39, 0.29) is 35.5 Å². The van der Waals surface area contributed by atoms with Crippen LogP contribution in [0.5, 0.6) is 0 Å². The number of rotatable bonds is 39. The van der Waals surface area contributed by atoms with E-state index in [1.54, 1.807) is 0 Å². The summed E-state index contributed by atoms with van der Waals surface area (Å²) in [5.41, 5.74) is 0. The van der Waals surface area contributed by atoms with Gasteiger partial charge in [-0.05, 0) is 63.2 Å². The molecule has 314 valence electrons. The van der Waals surface area contributed by atoms with E-state index >= 15 is 0 Å². The summed E-state index contributed by atoms with van der Waals surface area (Å²) in [5, 5.41) is 12.2. The summed E-state index contributed by atoms with van der Waals surface area (Å²) in [6, 6.07) is -0.918. The molecule has 0 radical (unpaired) electrons. The molecule has 0 aromatic heterocycles. The van der Waals surface area contributed by atoms with Gasteiger partial charge >= 0.3 is 0 Å². The minimum atomic E-state index is -0.459. The first-order chi connectivity index (χ1) is 26.2. The summed E-state index contributed by atoms with van der Waals surface area (Å²) < 4.78 is 0. The summed E-state index contributed by atoms with van der Waals surface area (Å²) in [7, 11) is 0. The molecule has 0 aliphatic carbocycles. The highest BCUT2D eigenvalue weighted by Gasteiger charge is 2.26. The first-order valence-corrected chi connectivity index (χ1v) is 22.6. The average molecular weight is 759 g/mol. The van der Waals surface area contributed by atoms with E-state index in [2.05, 4.69) is 48.3 Å². The van der Waals surface area contributed by atoms with Crippen LogP contribution in [0.25, 0.3) is 0 Å². The van der Waals surface area contributed by atoms with Gasteiger partial charge in [-0.1, -0.05) is 155 Å². The summed E-state index contributed by atoms with van der Waals surface area (Å²) in [4.78, 5) is 51.0. The Labute approximate surface area is 333 Å². The fraction of sp³-hybridized carbons (Fsp3) is 0.826. The SMILES string of the molecule is C=CCCCCCCCCC(=O)N[C@H](C(=O)NCCCCCCCCCCCCNC(=O)[C@@H](NC(=O)CCCCCCCCC=C)[C@@H](C)CC)[C@@H](C)CC. The lowest BCUT2D eigenvalue weighted by Crippen LogP contribution is -2.50. The van der Waals surface area contributed by atoms with Crippen LogP contribution in [0.1, 0.15) is 207 Å². The third kappa shape index (κ3) is 29.7. The van der Waals surface area contributed by atoms with Gasteiger partial charge in [-0.25, -0.2) is 0 Å². The van der Waals surface area contributed by atoms with E-state index in [9.17, 15) is 19.2 Å². The molecule has 0 aliphatic heterocycles. The molecule has 0 rings (SSSR count). The van der Waals surface area contributed by atoms with Crippen molar-refractivity contribution < 1.29 is 19.2 Å². The first-order valence-electron chi connectivity index (χ1n) is 22.6. The lowest BCUT2D eigenvalue weighted by atomic mass is 9.97. The molecule has 0 fully saturated rings. The van der Waals surface area contributed by atoms with Crippen LogP contribution in [-0.4, -0.2) is 48.8 Å². The highest BCUT2D eigenvalue weighted by Crippen LogP contribution is 2.14. The zero-order valence-electron chi connectivity index (χ0n) is 35.7. The van der Waals surface area contributed by atoms with E-state index in [1.807, 2.05) is 26.0 Å². The minimum absolute atomic E-state index is 0.0104. The van der Waals surface area contributed by atoms with Crippen LogP contribution in [0.2, 0.25) is 0 Å². The molecule has 0 saturated carbocycles. The molecule has 0 aromatic carbocycles. The lowest BCUT2D eigenvalue weighted by molar-refractivity contribution is -0.130. The number of unbranched alkanes of at least 4 members (excludes halogenated alkanes) is 21. The Morgan fingerprint density at radius 2 is 0.722 bits per heavy atom. The number of carbonyl (C=O) groups excluding carboxylic acids is 4. The van der Waals surface area contributed by atoms with E-state index in [4.69, 9.17) is 0 Å². The predicted molar refractivity (Wildman–Crippen MR) is 229 cm³/mol. The Bertz CT molecular complexity index is 894. The van der Waals surface area contributed by atoms with Crippen molar-refractivity contribution in [3.05, 3.63) is 25.3 Å². The van der Waals surface area contributed by atoms with E-state index in [1.165, 1.54) is 77.0 Å². The zero-order valence-corrected chi connectivity index (χ0v) is 35.7. The van der Waals surface area contributed by atoms with Crippen LogP contribution in [0.15, 0.2) is 25.3 Å². The molecule has 0 unspecified atom stereocenters. The summed E-state index contributed by atoms with van der Waals surface area (Å²) >= 11 is 0. The number of hydrogen-bond acceptors (Lipinski definition) is 4. The second-order valence-electron chi connectivity index (χ2n) is 15.9. The Morgan fingerprint density at radius 1 is 0.444 bits per heavy atom. The van der Waals surface area contributed by atoms with Gasteiger partial charge in [0.2, 0.25) is 23.6 Å². The molecule has 0 heterocycles. The van der Waals surface area contributed by atoms with Gasteiger partial charge in [0.15, 0.2) is 0 Å². The first kappa shape index (κ1) is 51.4. The van der Waals surface area contributed by atoms with Crippen molar-refractivity contribution in [2.45, 2.75) is 220 Å². The van der Waals surface area contributed by atoms with E-state index in [0.29, 0.717) is 25.9 Å². The third-order valence-corrected chi connectivity index (χ3v) is 11.0. The Kier molecular flexibility index (Phi) is 35.5. The molecule has 0 aromatic rings. The largest absolute Gasteiger partial charge is 0.354 e. The Hall–Kier alpha value is -2.64. The molecule has 8 nitrogen and oxygen atoms in total. The number of allylic oxidation sites excluding steroid dienone is 2. The highest BCUT2D eigenvalue weighted by molar-refractivity contribution is 5.88. The summed E-state index contributed by atoms with van der Waals surface area (Å²) in [6.45, 7) is 17.1. The molecule has 0 spiro atoms. The van der Waals surface area contributed by atoms with Gasteiger partial charge in [0.1, 0.15) is 12.1 Å². The van der Waals surface area contributed by atoms with Crippen molar-refractivity contribution in [2.24, 2.45) is 11.8 Å². The van der Waals surface area contributed by atoms with E-state index in [0.717, 1.165) is 89.9 Å². The number of nitrogens with one attached hydrogen (secondary N) is 4. The molecule has 54 heavy (non-hydrogen) atoms. The molecular weight excluding hydrogens is 673 g/mol. The fourth-order valence-corrected chi connectivity index (χ4v) is 6.77. The zero-order chi connectivity index (χ0) is 40.1. The van der Waals surface area contributed by atoms with Gasteiger partial charge in [0.05, 0.1) is 0 Å². The van der Waals surface area contributed by atoms with Crippen LogP contribution in [0.3, 0.4) is 0 Å². The quantitative estimate of drug-likeness (QED) is 0.0369. The molecule has 8 heteroatoms. The van der Waals surface area contributed by atoms with Gasteiger partial charge in [0, 0.05) is 25.9 Å². The van der Waals surface area contributed by atoms with Crippen molar-refractivity contribution in [1.82, 2.24) is 21.3 Å². The van der Waals surface area contributed by atoms with Gasteiger partial charge in [-0.3, -0.25) is 19.2 Å². The highest BCUT2D eigenvalue weighted by atomic mass is 16.2. The maximum atomic E-state index is 12.9. The van der Waals surface area contributed by atoms with Crippen LogP contribution >= 0.6 is 0 Å². The maximum Gasteiger partial charge on any atom is 0.242 e. The molecule has 0 saturated heterocycles. The van der Waals surface area contributed by atoms with Crippen molar-refractivity contribution in [2.75, 3.05) is 13.1 Å². The summed E-state index contributed by atoms with van der Waals surface area (Å²) in [6.07, 6.45) is 33.6. The van der Waals surface area contributed by atoms with Crippen molar-refractivity contribution >= 4 is 23.6 Å². The molecule has 4 amide bonds. The van der Waals surface area contributed by atoms with Crippen LogP contribution in [0.4, 0.5) is 0 Å². The van der Waals surface area contributed by atoms with Crippen LogP contribution in [-0.2, 0) is 19.2 Å². The Balaban J connectivity index is 3.99. The molecular formula is C46H86N4O4. The number of carbonyl (C=O) groups is 4. The minimum Gasteiger partial charge on any atom is -0.354 e. The standard InChI is InChI=1S/C46H86N4O4/c1-7-11-13-15-17-23-27-31-35-41(51)49-43(39(5)9-3)45(53)47-37-33-29-25-21-19-20-22-26-30-34-38-48-46(54)44(40(6)10-4)50-42(52)36-32-28-24-18-16-14-12-8-2/h7-8,39-40,43-44H,1-2,9-38H2,3-6H3,(H,47,53)(H,48,54)(H,49,51)(H,50,52)/t39-,40-,43-,44-/m0/s1. The number of hydrogen-bond donors (Lipinski definition) is 4. The molecule has 0 bridgehead atoms. The second-order valence-corrected chi connectivity index (χ2v) is 15.9.